The molecule has 0 aromatic heterocycles. The van der Waals surface area contributed by atoms with Gasteiger partial charge in [0, 0.05) is 24.7 Å². The molecule has 3 rings (SSSR count). The maximum atomic E-state index is 12.5. The Morgan fingerprint density at radius 3 is 2.34 bits per heavy atom. The highest BCUT2D eigenvalue weighted by atomic mass is 16.6. The summed E-state index contributed by atoms with van der Waals surface area (Å²) in [7, 11) is 0. The third-order valence-corrected chi connectivity index (χ3v) is 5.27. The highest BCUT2D eigenvalue weighted by Gasteiger charge is 2.21. The molecule has 2 aromatic carbocycles. The van der Waals surface area contributed by atoms with Crippen LogP contribution in [-0.4, -0.2) is 47.9 Å². The van der Waals surface area contributed by atoms with Crippen LogP contribution in [-0.2, 0) is 9.59 Å². The number of nitro benzene ring substituents is 1. The van der Waals surface area contributed by atoms with Gasteiger partial charge in [0.2, 0.25) is 0 Å². The molecule has 1 atom stereocenters. The fraction of sp³-hybridized carbons (Fsp3) is 0.391. The zero-order chi connectivity index (χ0) is 22.9. The van der Waals surface area contributed by atoms with E-state index in [0.717, 1.165) is 31.5 Å². The van der Waals surface area contributed by atoms with Crippen molar-refractivity contribution in [3.63, 3.8) is 0 Å². The van der Waals surface area contributed by atoms with Crippen molar-refractivity contribution in [1.29, 1.82) is 0 Å². The number of nitrogens with one attached hydrogen (secondary N) is 1. The first-order chi connectivity index (χ1) is 15.5. The largest absolute Gasteiger partial charge is 0.483 e. The van der Waals surface area contributed by atoms with Crippen molar-refractivity contribution < 1.29 is 24.0 Å². The molecule has 9 nitrogen and oxygen atoms in total. The van der Waals surface area contributed by atoms with Gasteiger partial charge in [0.1, 0.15) is 5.75 Å². The van der Waals surface area contributed by atoms with Crippen molar-refractivity contribution in [3.05, 3.63) is 64.2 Å². The number of ether oxygens (including phenoxy) is 2. The lowest BCUT2D eigenvalue weighted by molar-refractivity contribution is -0.385. The van der Waals surface area contributed by atoms with E-state index in [9.17, 15) is 19.7 Å². The van der Waals surface area contributed by atoms with E-state index in [0.29, 0.717) is 12.2 Å². The molecule has 170 valence electrons. The van der Waals surface area contributed by atoms with Crippen LogP contribution in [0.15, 0.2) is 48.5 Å². The van der Waals surface area contributed by atoms with Gasteiger partial charge in [-0.2, -0.15) is 0 Å². The molecule has 1 aliphatic rings. The maximum Gasteiger partial charge on any atom is 0.310 e. The predicted molar refractivity (Wildman–Crippen MR) is 118 cm³/mol. The number of amides is 2. The number of nitrogens with zero attached hydrogens (tertiary/aromatic N) is 2. The summed E-state index contributed by atoms with van der Waals surface area (Å²) in [5.74, 6) is 0.0989. The molecule has 0 saturated carbocycles. The minimum Gasteiger partial charge on any atom is -0.483 e. The van der Waals surface area contributed by atoms with E-state index in [2.05, 4.69) is 5.32 Å². The fourth-order valence-corrected chi connectivity index (χ4v) is 3.61. The molecule has 1 aliphatic heterocycles. The Balaban J connectivity index is 1.61. The number of likely N-dealkylation sites (tertiary alicyclic amines) is 1. The summed E-state index contributed by atoms with van der Waals surface area (Å²) in [4.78, 5) is 37.1. The minimum atomic E-state index is -0.556. The van der Waals surface area contributed by atoms with Crippen LogP contribution < -0.4 is 14.8 Å². The summed E-state index contributed by atoms with van der Waals surface area (Å²) in [6.45, 7) is 3.02. The van der Waals surface area contributed by atoms with Gasteiger partial charge in [0.15, 0.2) is 19.0 Å². The molecule has 0 bridgehead atoms. The number of carbonyl (C=O) groups excluding carboxylic acids is 2. The van der Waals surface area contributed by atoms with Gasteiger partial charge in [-0.1, -0.05) is 37.3 Å². The van der Waals surface area contributed by atoms with E-state index in [-0.39, 0.29) is 36.6 Å². The first-order valence-corrected chi connectivity index (χ1v) is 10.6. The zero-order valence-electron chi connectivity index (χ0n) is 18.0. The summed E-state index contributed by atoms with van der Waals surface area (Å²) in [6, 6.07) is 12.8. The molecule has 1 saturated heterocycles. The van der Waals surface area contributed by atoms with Crippen molar-refractivity contribution in [2.75, 3.05) is 26.3 Å². The van der Waals surface area contributed by atoms with Crippen molar-refractivity contribution >= 4 is 17.5 Å². The third-order valence-electron chi connectivity index (χ3n) is 5.27. The first kappa shape index (κ1) is 23.1. The predicted octanol–water partition coefficient (Wildman–Crippen LogP) is 3.24. The second-order valence-electron chi connectivity index (χ2n) is 7.46. The summed E-state index contributed by atoms with van der Waals surface area (Å²) < 4.78 is 11.2. The van der Waals surface area contributed by atoms with Crippen LogP contribution in [0, 0.1) is 10.1 Å². The smallest absolute Gasteiger partial charge is 0.310 e. The van der Waals surface area contributed by atoms with Crippen molar-refractivity contribution in [2.24, 2.45) is 0 Å². The molecule has 1 unspecified atom stereocenters. The van der Waals surface area contributed by atoms with E-state index in [1.165, 1.54) is 18.2 Å². The minimum absolute atomic E-state index is 0.0323. The summed E-state index contributed by atoms with van der Waals surface area (Å²) in [5.41, 5.74) is 0.553. The van der Waals surface area contributed by atoms with Crippen LogP contribution >= 0.6 is 0 Å². The average Bonchev–Trinajstić information content (AvgIpc) is 3.35. The van der Waals surface area contributed by atoms with Crippen molar-refractivity contribution in [1.82, 2.24) is 10.2 Å². The molecule has 1 N–H and O–H groups in total. The van der Waals surface area contributed by atoms with Gasteiger partial charge in [0.25, 0.3) is 11.8 Å². The lowest BCUT2D eigenvalue weighted by Crippen LogP contribution is -2.34. The number of para-hydroxylation sites is 3. The molecule has 1 fully saturated rings. The standard InChI is InChI=1S/C23H27N3O6/c1-2-18(24-22(27)15-31-21-12-6-4-10-19(21)26(29)30)17-9-3-5-11-20(17)32-16-23(28)25-13-7-8-14-25/h3-6,9-12,18H,2,7-8,13-16H2,1H3,(H,24,27). The normalized spacial score (nSPS) is 14.0. The summed E-state index contributed by atoms with van der Waals surface area (Å²) in [5, 5.41) is 14.0. The molecule has 9 heteroatoms. The van der Waals surface area contributed by atoms with Crippen molar-refractivity contribution in [2.45, 2.75) is 32.2 Å². The van der Waals surface area contributed by atoms with E-state index < -0.39 is 10.8 Å². The van der Waals surface area contributed by atoms with Gasteiger partial charge < -0.3 is 19.7 Å². The molecule has 1 heterocycles. The van der Waals surface area contributed by atoms with Crippen LogP contribution in [0.25, 0.3) is 0 Å². The molecule has 2 amide bonds. The Labute approximate surface area is 186 Å². The lowest BCUT2D eigenvalue weighted by atomic mass is 10.0. The highest BCUT2D eigenvalue weighted by Crippen LogP contribution is 2.28. The number of benzene rings is 2. The molecule has 0 aliphatic carbocycles. The Kier molecular flexibility index (Phi) is 8.02. The number of hydrogen-bond acceptors (Lipinski definition) is 6. The first-order valence-electron chi connectivity index (χ1n) is 10.6. The molecular formula is C23H27N3O6. The highest BCUT2D eigenvalue weighted by molar-refractivity contribution is 5.79. The van der Waals surface area contributed by atoms with Gasteiger partial charge in [0.05, 0.1) is 11.0 Å². The van der Waals surface area contributed by atoms with E-state index in [1.54, 1.807) is 17.0 Å². The number of nitro groups is 1. The second-order valence-corrected chi connectivity index (χ2v) is 7.46. The molecule has 32 heavy (non-hydrogen) atoms. The Bertz CT molecular complexity index is 958. The van der Waals surface area contributed by atoms with Crippen LogP contribution in [0.1, 0.15) is 37.8 Å². The van der Waals surface area contributed by atoms with Crippen LogP contribution in [0.5, 0.6) is 11.5 Å². The average molecular weight is 441 g/mol. The van der Waals surface area contributed by atoms with Gasteiger partial charge in [-0.3, -0.25) is 19.7 Å². The van der Waals surface area contributed by atoms with E-state index in [4.69, 9.17) is 9.47 Å². The van der Waals surface area contributed by atoms with Gasteiger partial charge >= 0.3 is 5.69 Å². The Morgan fingerprint density at radius 1 is 1.03 bits per heavy atom. The van der Waals surface area contributed by atoms with Gasteiger partial charge in [-0.05, 0) is 31.4 Å². The van der Waals surface area contributed by atoms with Crippen LogP contribution in [0.3, 0.4) is 0 Å². The number of rotatable bonds is 10. The van der Waals surface area contributed by atoms with Crippen LogP contribution in [0.2, 0.25) is 0 Å². The van der Waals surface area contributed by atoms with Crippen LogP contribution in [0.4, 0.5) is 5.69 Å². The lowest BCUT2D eigenvalue weighted by Gasteiger charge is -2.21. The summed E-state index contributed by atoms with van der Waals surface area (Å²) >= 11 is 0. The fourth-order valence-electron chi connectivity index (χ4n) is 3.61. The maximum absolute atomic E-state index is 12.5. The second kappa shape index (κ2) is 11.1. The SMILES string of the molecule is CCC(NC(=O)COc1ccccc1[N+](=O)[O-])c1ccccc1OCC(=O)N1CCCC1. The molecule has 0 radical (unpaired) electrons. The Morgan fingerprint density at radius 2 is 1.66 bits per heavy atom. The zero-order valence-corrected chi connectivity index (χ0v) is 18.0. The molecular weight excluding hydrogens is 414 g/mol. The number of carbonyl (C=O) groups is 2. The van der Waals surface area contributed by atoms with Gasteiger partial charge in [-0.15, -0.1) is 0 Å². The monoisotopic (exact) mass is 441 g/mol. The topological polar surface area (TPSA) is 111 Å². The molecule has 0 spiro atoms. The van der Waals surface area contributed by atoms with E-state index >= 15 is 0 Å². The quantitative estimate of drug-likeness (QED) is 0.448. The summed E-state index contributed by atoms with van der Waals surface area (Å²) in [6.07, 6.45) is 2.61. The van der Waals surface area contributed by atoms with E-state index in [1.807, 2.05) is 25.1 Å². The third kappa shape index (κ3) is 5.96. The van der Waals surface area contributed by atoms with Gasteiger partial charge in [-0.25, -0.2) is 0 Å². The van der Waals surface area contributed by atoms with Crippen molar-refractivity contribution in [3.8, 4) is 11.5 Å². The Hall–Kier alpha value is -3.62. The molecule has 2 aromatic rings. The number of hydrogen-bond donors (Lipinski definition) is 1.